The fraction of sp³-hybridized carbons (Fsp3) is 0.405. The third kappa shape index (κ3) is 8.96. The Morgan fingerprint density at radius 2 is 1.64 bits per heavy atom. The number of nitrogens with zero attached hydrogens (tertiary/aromatic N) is 4. The lowest BCUT2D eigenvalue weighted by molar-refractivity contribution is -0.130. The summed E-state index contributed by atoms with van der Waals surface area (Å²) >= 11 is 0. The monoisotopic (exact) mass is 681 g/mol. The summed E-state index contributed by atoms with van der Waals surface area (Å²) in [4.78, 5) is 42.0. The lowest BCUT2D eigenvalue weighted by Crippen LogP contribution is -2.48. The lowest BCUT2D eigenvalue weighted by atomic mass is 9.81. The number of aromatic amines is 1. The van der Waals surface area contributed by atoms with Gasteiger partial charge < -0.3 is 26.6 Å². The van der Waals surface area contributed by atoms with Gasteiger partial charge in [0, 0.05) is 36.7 Å². The summed E-state index contributed by atoms with van der Waals surface area (Å²) in [7, 11) is 0. The number of nitrogens with one attached hydrogen (secondary N) is 4. The van der Waals surface area contributed by atoms with Crippen LogP contribution in [0.4, 0.5) is 10.1 Å². The number of hydrogen-bond donors (Lipinski definition) is 5. The molecule has 50 heavy (non-hydrogen) atoms. The predicted molar refractivity (Wildman–Crippen MR) is 188 cm³/mol. The van der Waals surface area contributed by atoms with Crippen molar-refractivity contribution in [2.75, 3.05) is 38.0 Å². The van der Waals surface area contributed by atoms with Crippen LogP contribution in [0.5, 0.6) is 0 Å². The quantitative estimate of drug-likeness (QED) is 0.141. The van der Waals surface area contributed by atoms with Crippen LogP contribution in [0.3, 0.4) is 0 Å². The van der Waals surface area contributed by atoms with Gasteiger partial charge in [0.15, 0.2) is 0 Å². The van der Waals surface area contributed by atoms with Crippen LogP contribution < -0.4 is 21.7 Å². The number of nitrogens with two attached hydrogens (primary N) is 1. The van der Waals surface area contributed by atoms with Crippen LogP contribution in [-0.4, -0.2) is 82.0 Å². The van der Waals surface area contributed by atoms with Crippen molar-refractivity contribution in [1.29, 1.82) is 0 Å². The van der Waals surface area contributed by atoms with E-state index in [4.69, 9.17) is 5.73 Å². The van der Waals surface area contributed by atoms with Gasteiger partial charge in [-0.2, -0.15) is 5.21 Å². The molecule has 1 atom stereocenters. The van der Waals surface area contributed by atoms with Crippen LogP contribution in [0.25, 0.3) is 22.5 Å². The van der Waals surface area contributed by atoms with Gasteiger partial charge in [0.25, 0.3) is 5.91 Å². The summed E-state index contributed by atoms with van der Waals surface area (Å²) in [5.74, 6) is -1.02. The van der Waals surface area contributed by atoms with Crippen molar-refractivity contribution in [3.63, 3.8) is 0 Å². The second kappa shape index (κ2) is 16.6. The van der Waals surface area contributed by atoms with Gasteiger partial charge in [-0.25, -0.2) is 4.39 Å². The zero-order valence-electron chi connectivity index (χ0n) is 28.0. The molecule has 1 aliphatic heterocycles. The molecule has 6 rings (SSSR count). The largest absolute Gasteiger partial charge is 0.351 e. The summed E-state index contributed by atoms with van der Waals surface area (Å²) in [5, 5.41) is 22.1. The molecule has 1 saturated heterocycles. The zero-order valence-corrected chi connectivity index (χ0v) is 28.0. The Bertz CT molecular complexity index is 1740. The first-order valence-electron chi connectivity index (χ1n) is 17.4. The van der Waals surface area contributed by atoms with Crippen LogP contribution in [-0.2, 0) is 16.0 Å². The molecule has 4 aromatic rings. The van der Waals surface area contributed by atoms with Gasteiger partial charge >= 0.3 is 0 Å². The number of anilines is 1. The topological polar surface area (TPSA) is 171 Å². The molecular weight excluding hydrogens is 637 g/mol. The maximum absolute atomic E-state index is 14.9. The molecule has 0 radical (unpaired) electrons. The molecule has 0 spiro atoms. The highest BCUT2D eigenvalue weighted by Crippen LogP contribution is 2.29. The van der Waals surface area contributed by atoms with Gasteiger partial charge in [0.2, 0.25) is 17.6 Å². The van der Waals surface area contributed by atoms with Gasteiger partial charge in [0.05, 0.1) is 5.56 Å². The number of benzene rings is 3. The van der Waals surface area contributed by atoms with E-state index in [1.165, 1.54) is 25.0 Å². The fourth-order valence-corrected chi connectivity index (χ4v) is 6.76. The van der Waals surface area contributed by atoms with Gasteiger partial charge in [-0.3, -0.25) is 14.4 Å². The van der Waals surface area contributed by atoms with Crippen molar-refractivity contribution in [3.8, 4) is 22.5 Å². The van der Waals surface area contributed by atoms with Crippen LogP contribution in [0.15, 0.2) is 66.7 Å². The molecule has 2 fully saturated rings. The highest BCUT2D eigenvalue weighted by atomic mass is 19.1. The molecule has 2 aliphatic rings. The molecule has 6 N–H and O–H groups in total. The van der Waals surface area contributed by atoms with E-state index in [0.717, 1.165) is 62.0 Å². The van der Waals surface area contributed by atoms with Gasteiger partial charge in [0.1, 0.15) is 11.9 Å². The summed E-state index contributed by atoms with van der Waals surface area (Å²) < 4.78 is 14.9. The molecule has 0 bridgehead atoms. The van der Waals surface area contributed by atoms with Crippen LogP contribution in [0.2, 0.25) is 0 Å². The summed E-state index contributed by atoms with van der Waals surface area (Å²) in [6.07, 6.45) is 5.88. The second-order valence-corrected chi connectivity index (χ2v) is 13.2. The first kappa shape index (κ1) is 34.8. The number of carbonyl (C=O) groups is 3. The minimum Gasteiger partial charge on any atom is -0.351 e. The number of amides is 3. The number of halogens is 1. The number of hydrogen-bond acceptors (Lipinski definition) is 8. The molecule has 1 unspecified atom stereocenters. The minimum absolute atomic E-state index is 0.0875. The Morgan fingerprint density at radius 1 is 0.940 bits per heavy atom. The van der Waals surface area contributed by atoms with Crippen molar-refractivity contribution in [2.24, 2.45) is 17.6 Å². The second-order valence-electron chi connectivity index (χ2n) is 13.2. The number of carbonyl (C=O) groups excluding carboxylic acids is 3. The molecule has 3 aromatic carbocycles. The van der Waals surface area contributed by atoms with E-state index >= 15 is 0 Å². The third-order valence-corrected chi connectivity index (χ3v) is 9.79. The van der Waals surface area contributed by atoms with Crippen molar-refractivity contribution < 1.29 is 18.8 Å². The van der Waals surface area contributed by atoms with Gasteiger partial charge in [-0.05, 0) is 116 Å². The molecule has 262 valence electrons. The normalized spacial score (nSPS) is 18.4. The van der Waals surface area contributed by atoms with Crippen molar-refractivity contribution in [3.05, 3.63) is 83.7 Å². The Hall–Kier alpha value is -5.01. The molecule has 13 heteroatoms. The highest BCUT2D eigenvalue weighted by molar-refractivity contribution is 5.98. The molecule has 2 heterocycles. The summed E-state index contributed by atoms with van der Waals surface area (Å²) in [5.41, 5.74) is 9.57. The van der Waals surface area contributed by atoms with Gasteiger partial charge in [-0.1, -0.05) is 36.4 Å². The van der Waals surface area contributed by atoms with E-state index in [0.29, 0.717) is 24.6 Å². The molecule has 1 aromatic heterocycles. The van der Waals surface area contributed by atoms with Crippen molar-refractivity contribution in [2.45, 2.75) is 51.0 Å². The molecule has 1 aliphatic carbocycles. The number of H-pyrrole nitrogens is 1. The van der Waals surface area contributed by atoms with Crippen molar-refractivity contribution >= 4 is 23.4 Å². The number of aromatic nitrogens is 4. The number of rotatable bonds is 13. The molecular formula is C37H44FN9O3. The Balaban J connectivity index is 1.10. The highest BCUT2D eigenvalue weighted by Gasteiger charge is 2.29. The molecule has 1 saturated carbocycles. The van der Waals surface area contributed by atoms with E-state index in [2.05, 4.69) is 41.5 Å². The summed E-state index contributed by atoms with van der Waals surface area (Å²) in [6.45, 7) is 4.30. The summed E-state index contributed by atoms with van der Waals surface area (Å²) in [6, 6.07) is 18.6. The predicted octanol–water partition coefficient (Wildman–Crippen LogP) is 3.93. The lowest BCUT2D eigenvalue weighted by Gasteiger charge is -2.28. The van der Waals surface area contributed by atoms with E-state index in [9.17, 15) is 18.8 Å². The van der Waals surface area contributed by atoms with Gasteiger partial charge in [-0.15, -0.1) is 10.2 Å². The van der Waals surface area contributed by atoms with Crippen LogP contribution in [0.1, 0.15) is 54.4 Å². The smallest absolute Gasteiger partial charge is 0.251 e. The average Bonchev–Trinajstić information content (AvgIpc) is 3.87. The van der Waals surface area contributed by atoms with E-state index in [1.807, 2.05) is 48.5 Å². The SMILES string of the molecule is NCC1CCC(C(=O)NC(Cc2ccc(-c3ccc(C(=O)NCCN4CCCC4)cc3)cc2)C(=O)Nc2ccc(-c3nn[nH]n3)c(F)c2)CC1. The fourth-order valence-electron chi connectivity index (χ4n) is 6.76. The third-order valence-electron chi connectivity index (χ3n) is 9.79. The maximum atomic E-state index is 14.9. The average molecular weight is 682 g/mol. The number of tetrazole rings is 1. The van der Waals surface area contributed by atoms with Crippen LogP contribution in [0, 0.1) is 17.7 Å². The standard InChI is InChI=1S/C37H44FN9O3/c38-32-22-30(15-16-31(32)34-43-45-46-44-34)41-37(50)33(42-36(49)29-9-5-25(23-39)6-10-29)21-24-3-7-26(8-4-24)27-11-13-28(14-12-27)35(48)40-17-20-47-18-1-2-19-47/h3-4,7-8,11-16,22,25,29,33H,1-2,5-6,9-10,17-21,23,39H2,(H,40,48)(H,41,50)(H,42,49)(H,43,44,45,46). The van der Waals surface area contributed by atoms with Crippen molar-refractivity contribution in [1.82, 2.24) is 36.2 Å². The zero-order chi connectivity index (χ0) is 34.9. The Morgan fingerprint density at radius 3 is 2.28 bits per heavy atom. The Labute approximate surface area is 290 Å². The maximum Gasteiger partial charge on any atom is 0.251 e. The number of likely N-dealkylation sites (tertiary alicyclic amines) is 1. The van der Waals surface area contributed by atoms with Crippen LogP contribution >= 0.6 is 0 Å². The Kier molecular flexibility index (Phi) is 11.6. The van der Waals surface area contributed by atoms with E-state index in [1.54, 1.807) is 6.07 Å². The minimum atomic E-state index is -0.899. The van der Waals surface area contributed by atoms with E-state index < -0.39 is 17.8 Å². The first-order chi connectivity index (χ1) is 24.4. The van der Waals surface area contributed by atoms with E-state index in [-0.39, 0.29) is 41.2 Å². The first-order valence-corrected chi connectivity index (χ1v) is 17.4. The molecule has 3 amide bonds. The molecule has 12 nitrogen and oxygen atoms in total.